The summed E-state index contributed by atoms with van der Waals surface area (Å²) in [5.41, 5.74) is 3.74. The van der Waals surface area contributed by atoms with E-state index in [1.54, 1.807) is 0 Å². The van der Waals surface area contributed by atoms with Gasteiger partial charge in [0.1, 0.15) is 0 Å². The lowest BCUT2D eigenvalue weighted by atomic mass is 10.0. The van der Waals surface area contributed by atoms with Gasteiger partial charge in [0.25, 0.3) is 0 Å². The van der Waals surface area contributed by atoms with E-state index in [0.29, 0.717) is 19.8 Å². The van der Waals surface area contributed by atoms with Gasteiger partial charge in [-0.15, -0.1) is 0 Å². The van der Waals surface area contributed by atoms with Crippen molar-refractivity contribution in [1.29, 1.82) is 0 Å². The van der Waals surface area contributed by atoms with E-state index in [2.05, 4.69) is 16.8 Å². The Morgan fingerprint density at radius 2 is 1.92 bits per heavy atom. The Hall–Kier alpha value is -2.43. The molecule has 1 N–H and O–H groups in total. The molecule has 25 heavy (non-hydrogen) atoms. The fourth-order valence-electron chi connectivity index (χ4n) is 3.51. The molecule has 4 heteroatoms. The first kappa shape index (κ1) is 16.1. The number of carbonyl (C=O) groups excluding carboxylic acids is 1. The molecule has 4 nitrogen and oxygen atoms in total. The molecule has 1 saturated heterocycles. The minimum atomic E-state index is 0.157. The molecule has 0 unspecified atom stereocenters. The predicted octanol–water partition coefficient (Wildman–Crippen LogP) is 3.74. The van der Waals surface area contributed by atoms with E-state index in [9.17, 15) is 4.79 Å². The van der Waals surface area contributed by atoms with Gasteiger partial charge in [0, 0.05) is 23.5 Å². The predicted molar refractivity (Wildman–Crippen MR) is 99.9 cm³/mol. The minimum Gasteiger partial charge on any atom is -0.379 e. The SMILES string of the molecule is C[C@H]1COCCN1CC(=O)c1c(-c2ccccc2)[nH]c2ccccc12. The number of rotatable bonds is 4. The van der Waals surface area contributed by atoms with Crippen molar-refractivity contribution in [2.45, 2.75) is 13.0 Å². The zero-order valence-corrected chi connectivity index (χ0v) is 14.4. The third-order valence-electron chi connectivity index (χ3n) is 4.90. The van der Waals surface area contributed by atoms with E-state index in [-0.39, 0.29) is 11.8 Å². The first-order chi connectivity index (χ1) is 12.2. The average molecular weight is 334 g/mol. The van der Waals surface area contributed by atoms with Crippen LogP contribution in [0.15, 0.2) is 54.6 Å². The molecule has 1 fully saturated rings. The van der Waals surface area contributed by atoms with Gasteiger partial charge in [-0.3, -0.25) is 9.69 Å². The number of nitrogens with one attached hydrogen (secondary N) is 1. The van der Waals surface area contributed by atoms with Crippen LogP contribution >= 0.6 is 0 Å². The molecular weight excluding hydrogens is 312 g/mol. The number of ether oxygens (including phenoxy) is 1. The van der Waals surface area contributed by atoms with Crippen molar-refractivity contribution in [3.63, 3.8) is 0 Å². The number of carbonyl (C=O) groups is 1. The molecule has 0 saturated carbocycles. The van der Waals surface area contributed by atoms with Gasteiger partial charge in [-0.1, -0.05) is 48.5 Å². The number of morpholine rings is 1. The Balaban J connectivity index is 1.75. The van der Waals surface area contributed by atoms with Crippen LogP contribution in [0.5, 0.6) is 0 Å². The summed E-state index contributed by atoms with van der Waals surface area (Å²) in [4.78, 5) is 18.9. The van der Waals surface area contributed by atoms with E-state index in [1.807, 2.05) is 54.6 Å². The lowest BCUT2D eigenvalue weighted by Crippen LogP contribution is -2.46. The fourth-order valence-corrected chi connectivity index (χ4v) is 3.51. The van der Waals surface area contributed by atoms with Crippen LogP contribution in [0.4, 0.5) is 0 Å². The molecule has 1 atom stereocenters. The van der Waals surface area contributed by atoms with Gasteiger partial charge in [0.15, 0.2) is 5.78 Å². The van der Waals surface area contributed by atoms with Crippen LogP contribution < -0.4 is 0 Å². The molecule has 0 radical (unpaired) electrons. The standard InChI is InChI=1S/C21H22N2O2/c1-15-14-25-12-11-23(15)13-19(24)20-17-9-5-6-10-18(17)22-21(20)16-7-3-2-4-8-16/h2-10,15,22H,11-14H2,1H3/t15-/m0/s1. The van der Waals surface area contributed by atoms with Gasteiger partial charge in [-0.05, 0) is 18.6 Å². The topological polar surface area (TPSA) is 45.3 Å². The van der Waals surface area contributed by atoms with Gasteiger partial charge in [-0.2, -0.15) is 0 Å². The van der Waals surface area contributed by atoms with E-state index >= 15 is 0 Å². The molecule has 128 valence electrons. The smallest absolute Gasteiger partial charge is 0.179 e. The zero-order valence-electron chi connectivity index (χ0n) is 14.4. The monoisotopic (exact) mass is 334 g/mol. The van der Waals surface area contributed by atoms with Crippen LogP contribution in [0.2, 0.25) is 0 Å². The largest absolute Gasteiger partial charge is 0.379 e. The Morgan fingerprint density at radius 3 is 2.72 bits per heavy atom. The number of H-pyrrole nitrogens is 1. The second-order valence-electron chi connectivity index (χ2n) is 6.60. The fraction of sp³-hybridized carbons (Fsp3) is 0.286. The summed E-state index contributed by atoms with van der Waals surface area (Å²) in [7, 11) is 0. The van der Waals surface area contributed by atoms with Crippen LogP contribution in [0, 0.1) is 0 Å². The van der Waals surface area contributed by atoms with Crippen LogP contribution in [-0.4, -0.2) is 48.0 Å². The highest BCUT2D eigenvalue weighted by Crippen LogP contribution is 2.31. The molecule has 1 aliphatic rings. The van der Waals surface area contributed by atoms with Gasteiger partial charge in [0.2, 0.25) is 0 Å². The number of nitrogens with zero attached hydrogens (tertiary/aromatic N) is 1. The summed E-state index contributed by atoms with van der Waals surface area (Å²) in [5, 5.41) is 0.993. The van der Waals surface area contributed by atoms with Crippen molar-refractivity contribution < 1.29 is 9.53 Å². The maximum Gasteiger partial charge on any atom is 0.179 e. The third-order valence-corrected chi connectivity index (χ3v) is 4.90. The quantitative estimate of drug-likeness (QED) is 0.739. The summed E-state index contributed by atoms with van der Waals surface area (Å²) in [6.45, 7) is 4.71. The molecule has 1 aromatic heterocycles. The Bertz CT molecular complexity index is 885. The molecular formula is C21H22N2O2. The number of hydrogen-bond donors (Lipinski definition) is 1. The first-order valence-electron chi connectivity index (χ1n) is 8.75. The summed E-state index contributed by atoms with van der Waals surface area (Å²) in [6, 6.07) is 18.4. The highest BCUT2D eigenvalue weighted by atomic mass is 16.5. The molecule has 1 aliphatic heterocycles. The molecule has 4 rings (SSSR count). The maximum atomic E-state index is 13.2. The van der Waals surface area contributed by atoms with Crippen molar-refractivity contribution in [1.82, 2.24) is 9.88 Å². The maximum absolute atomic E-state index is 13.2. The number of aromatic nitrogens is 1. The minimum absolute atomic E-state index is 0.157. The molecule has 2 heterocycles. The normalized spacial score (nSPS) is 18.5. The molecule has 3 aromatic rings. The zero-order chi connectivity index (χ0) is 17.2. The molecule has 0 spiro atoms. The number of aromatic amines is 1. The highest BCUT2D eigenvalue weighted by molar-refractivity contribution is 6.14. The van der Waals surface area contributed by atoms with Crippen molar-refractivity contribution in [3.05, 3.63) is 60.2 Å². The summed E-state index contributed by atoms with van der Waals surface area (Å²) in [6.07, 6.45) is 0. The van der Waals surface area contributed by atoms with Crippen LogP contribution in [0.3, 0.4) is 0 Å². The first-order valence-corrected chi connectivity index (χ1v) is 8.75. The Kier molecular flexibility index (Phi) is 4.38. The number of para-hydroxylation sites is 1. The molecule has 2 aromatic carbocycles. The third kappa shape index (κ3) is 3.11. The summed E-state index contributed by atoms with van der Waals surface area (Å²) >= 11 is 0. The van der Waals surface area contributed by atoms with Crippen molar-refractivity contribution in [3.8, 4) is 11.3 Å². The van der Waals surface area contributed by atoms with E-state index in [4.69, 9.17) is 4.74 Å². The number of hydrogen-bond acceptors (Lipinski definition) is 3. The number of ketones is 1. The molecule has 0 aliphatic carbocycles. The van der Waals surface area contributed by atoms with Crippen molar-refractivity contribution >= 4 is 16.7 Å². The van der Waals surface area contributed by atoms with Gasteiger partial charge >= 0.3 is 0 Å². The van der Waals surface area contributed by atoms with Crippen molar-refractivity contribution in [2.75, 3.05) is 26.3 Å². The number of Topliss-reactive ketones (excluding diaryl/α,β-unsaturated/α-hetero) is 1. The molecule has 0 bridgehead atoms. The lowest BCUT2D eigenvalue weighted by molar-refractivity contribution is 0.00204. The van der Waals surface area contributed by atoms with Crippen LogP contribution in [0.25, 0.3) is 22.2 Å². The summed E-state index contributed by atoms with van der Waals surface area (Å²) in [5.74, 6) is 0.157. The lowest BCUT2D eigenvalue weighted by Gasteiger charge is -2.32. The second-order valence-corrected chi connectivity index (χ2v) is 6.60. The van der Waals surface area contributed by atoms with E-state index in [0.717, 1.165) is 34.3 Å². The summed E-state index contributed by atoms with van der Waals surface area (Å²) < 4.78 is 5.49. The average Bonchev–Trinajstić information content (AvgIpc) is 3.04. The number of benzene rings is 2. The molecule has 0 amide bonds. The van der Waals surface area contributed by atoms with E-state index in [1.165, 1.54) is 0 Å². The van der Waals surface area contributed by atoms with Gasteiger partial charge in [-0.25, -0.2) is 0 Å². The van der Waals surface area contributed by atoms with Gasteiger partial charge in [0.05, 0.1) is 31.0 Å². The number of fused-ring (bicyclic) bond motifs is 1. The Labute approximate surface area is 147 Å². The second kappa shape index (κ2) is 6.82. The highest BCUT2D eigenvalue weighted by Gasteiger charge is 2.25. The van der Waals surface area contributed by atoms with Crippen LogP contribution in [0.1, 0.15) is 17.3 Å². The van der Waals surface area contributed by atoms with E-state index < -0.39 is 0 Å². The van der Waals surface area contributed by atoms with Crippen molar-refractivity contribution in [2.24, 2.45) is 0 Å². The van der Waals surface area contributed by atoms with Crippen LogP contribution in [-0.2, 0) is 4.74 Å². The Morgan fingerprint density at radius 1 is 1.16 bits per heavy atom. The van der Waals surface area contributed by atoms with Gasteiger partial charge < -0.3 is 9.72 Å².